The van der Waals surface area contributed by atoms with Crippen molar-refractivity contribution in [2.75, 3.05) is 0 Å². The van der Waals surface area contributed by atoms with E-state index in [4.69, 9.17) is 4.98 Å². The van der Waals surface area contributed by atoms with Crippen molar-refractivity contribution in [3.05, 3.63) is 41.1 Å². The van der Waals surface area contributed by atoms with Gasteiger partial charge in [-0.3, -0.25) is 4.98 Å². The van der Waals surface area contributed by atoms with E-state index in [0.717, 1.165) is 11.9 Å². The molecule has 0 amide bonds. The van der Waals surface area contributed by atoms with Gasteiger partial charge >= 0.3 is 0 Å². The van der Waals surface area contributed by atoms with Gasteiger partial charge in [-0.2, -0.15) is 0 Å². The first kappa shape index (κ1) is 15.0. The summed E-state index contributed by atoms with van der Waals surface area (Å²) in [4.78, 5) is 4.87. The third-order valence-electron chi connectivity index (χ3n) is 4.33. The molecular weight excluding hydrogens is 242 g/mol. The molecule has 1 aromatic heterocycles. The molecular formula is C19H27N. The summed E-state index contributed by atoms with van der Waals surface area (Å²) in [6.07, 6.45) is 9.21. The van der Waals surface area contributed by atoms with E-state index in [-0.39, 0.29) is 0 Å². The summed E-state index contributed by atoms with van der Waals surface area (Å²) in [6, 6.07) is 8.49. The SMILES string of the molecule is CCCCCCCCc1nc2ccccc2c(C)c1C. The second kappa shape index (κ2) is 7.42. The Hall–Kier alpha value is -1.37. The Labute approximate surface area is 123 Å². The van der Waals surface area contributed by atoms with Crippen molar-refractivity contribution in [2.24, 2.45) is 0 Å². The fourth-order valence-corrected chi connectivity index (χ4v) is 2.85. The van der Waals surface area contributed by atoms with Crippen molar-refractivity contribution in [1.82, 2.24) is 4.98 Å². The highest BCUT2D eigenvalue weighted by molar-refractivity contribution is 5.83. The van der Waals surface area contributed by atoms with Gasteiger partial charge in [0.25, 0.3) is 0 Å². The number of pyridine rings is 1. The summed E-state index contributed by atoms with van der Waals surface area (Å²) in [5, 5.41) is 1.30. The quantitative estimate of drug-likeness (QED) is 0.583. The molecule has 0 aliphatic rings. The summed E-state index contributed by atoms with van der Waals surface area (Å²) in [5.41, 5.74) is 5.24. The van der Waals surface area contributed by atoms with Crippen LogP contribution in [-0.2, 0) is 6.42 Å². The first-order valence-corrected chi connectivity index (χ1v) is 8.09. The Balaban J connectivity index is 2.01. The normalized spacial score (nSPS) is 11.2. The Morgan fingerprint density at radius 1 is 0.850 bits per heavy atom. The van der Waals surface area contributed by atoms with E-state index in [1.807, 2.05) is 0 Å². The van der Waals surface area contributed by atoms with Crippen molar-refractivity contribution in [3.8, 4) is 0 Å². The van der Waals surface area contributed by atoms with Crippen LogP contribution >= 0.6 is 0 Å². The molecule has 0 saturated heterocycles. The van der Waals surface area contributed by atoms with Crippen LogP contribution < -0.4 is 0 Å². The predicted octanol–water partition coefficient (Wildman–Crippen LogP) is 5.75. The van der Waals surface area contributed by atoms with E-state index in [0.29, 0.717) is 0 Å². The lowest BCUT2D eigenvalue weighted by Crippen LogP contribution is -1.99. The molecule has 0 atom stereocenters. The largest absolute Gasteiger partial charge is 0.253 e. The number of rotatable bonds is 7. The fraction of sp³-hybridized carbons (Fsp3) is 0.526. The Kier molecular flexibility index (Phi) is 5.58. The number of aromatic nitrogens is 1. The lowest BCUT2D eigenvalue weighted by Gasteiger charge is -2.11. The molecule has 1 heterocycles. The first-order valence-electron chi connectivity index (χ1n) is 8.09. The Bertz CT molecular complexity index is 557. The van der Waals surface area contributed by atoms with Crippen LogP contribution in [0.25, 0.3) is 10.9 Å². The third kappa shape index (κ3) is 3.59. The maximum absolute atomic E-state index is 4.87. The topological polar surface area (TPSA) is 12.9 Å². The van der Waals surface area contributed by atoms with Crippen LogP contribution in [0, 0.1) is 13.8 Å². The molecule has 2 rings (SSSR count). The standard InChI is InChI=1S/C19H27N/c1-4-5-6-7-8-9-13-18-16(3)15(2)17-12-10-11-14-19(17)20-18/h10-12,14H,4-9,13H2,1-3H3. The molecule has 20 heavy (non-hydrogen) atoms. The summed E-state index contributed by atoms with van der Waals surface area (Å²) >= 11 is 0. The second-order valence-corrected chi connectivity index (χ2v) is 5.84. The molecule has 0 radical (unpaired) electrons. The van der Waals surface area contributed by atoms with E-state index >= 15 is 0 Å². The van der Waals surface area contributed by atoms with Gasteiger partial charge in [-0.05, 0) is 43.9 Å². The van der Waals surface area contributed by atoms with Gasteiger partial charge in [0.1, 0.15) is 0 Å². The van der Waals surface area contributed by atoms with Gasteiger partial charge in [0.2, 0.25) is 0 Å². The minimum absolute atomic E-state index is 1.13. The van der Waals surface area contributed by atoms with Crippen molar-refractivity contribution in [1.29, 1.82) is 0 Å². The van der Waals surface area contributed by atoms with E-state index in [1.165, 1.54) is 60.7 Å². The van der Waals surface area contributed by atoms with Gasteiger partial charge in [0.15, 0.2) is 0 Å². The number of unbranched alkanes of at least 4 members (excludes halogenated alkanes) is 5. The lowest BCUT2D eigenvalue weighted by atomic mass is 9.99. The van der Waals surface area contributed by atoms with Crippen LogP contribution in [-0.4, -0.2) is 4.98 Å². The van der Waals surface area contributed by atoms with Crippen LogP contribution in [0.4, 0.5) is 0 Å². The number of benzene rings is 1. The van der Waals surface area contributed by atoms with Crippen molar-refractivity contribution < 1.29 is 0 Å². The van der Waals surface area contributed by atoms with E-state index in [1.54, 1.807) is 0 Å². The lowest BCUT2D eigenvalue weighted by molar-refractivity contribution is 0.604. The van der Waals surface area contributed by atoms with Crippen molar-refractivity contribution in [2.45, 2.75) is 65.7 Å². The van der Waals surface area contributed by atoms with Crippen LogP contribution in [0.3, 0.4) is 0 Å². The third-order valence-corrected chi connectivity index (χ3v) is 4.33. The van der Waals surface area contributed by atoms with Crippen LogP contribution in [0.2, 0.25) is 0 Å². The van der Waals surface area contributed by atoms with Crippen LogP contribution in [0.15, 0.2) is 24.3 Å². The number of hydrogen-bond acceptors (Lipinski definition) is 1. The van der Waals surface area contributed by atoms with E-state index < -0.39 is 0 Å². The minimum atomic E-state index is 1.13. The zero-order valence-corrected chi connectivity index (χ0v) is 13.2. The van der Waals surface area contributed by atoms with E-state index in [2.05, 4.69) is 45.0 Å². The zero-order valence-electron chi connectivity index (χ0n) is 13.2. The van der Waals surface area contributed by atoms with Gasteiger partial charge in [-0.25, -0.2) is 0 Å². The number of nitrogens with zero attached hydrogens (tertiary/aromatic N) is 1. The summed E-state index contributed by atoms with van der Waals surface area (Å²) < 4.78 is 0. The summed E-state index contributed by atoms with van der Waals surface area (Å²) in [6.45, 7) is 6.72. The maximum Gasteiger partial charge on any atom is 0.0708 e. The number of hydrogen-bond donors (Lipinski definition) is 0. The average Bonchev–Trinajstić information content (AvgIpc) is 2.47. The molecule has 0 bridgehead atoms. The van der Waals surface area contributed by atoms with E-state index in [9.17, 15) is 0 Å². The number of fused-ring (bicyclic) bond motifs is 1. The number of aryl methyl sites for hydroxylation is 2. The molecule has 0 fully saturated rings. The van der Waals surface area contributed by atoms with Gasteiger partial charge < -0.3 is 0 Å². The minimum Gasteiger partial charge on any atom is -0.253 e. The Morgan fingerprint density at radius 2 is 1.55 bits per heavy atom. The van der Waals surface area contributed by atoms with Gasteiger partial charge in [-0.15, -0.1) is 0 Å². The smallest absolute Gasteiger partial charge is 0.0708 e. The van der Waals surface area contributed by atoms with Crippen molar-refractivity contribution >= 4 is 10.9 Å². The second-order valence-electron chi connectivity index (χ2n) is 5.84. The monoisotopic (exact) mass is 269 g/mol. The molecule has 2 aromatic rings. The molecule has 1 aromatic carbocycles. The summed E-state index contributed by atoms with van der Waals surface area (Å²) in [7, 11) is 0. The zero-order chi connectivity index (χ0) is 14.4. The van der Waals surface area contributed by atoms with Crippen LogP contribution in [0.1, 0.15) is 62.3 Å². The highest BCUT2D eigenvalue weighted by atomic mass is 14.7. The molecule has 108 valence electrons. The molecule has 0 N–H and O–H groups in total. The first-order chi connectivity index (χ1) is 9.74. The molecule has 0 aliphatic carbocycles. The molecule has 0 unspecified atom stereocenters. The highest BCUT2D eigenvalue weighted by Gasteiger charge is 2.07. The van der Waals surface area contributed by atoms with Gasteiger partial charge in [0.05, 0.1) is 5.52 Å². The maximum atomic E-state index is 4.87. The Morgan fingerprint density at radius 3 is 2.35 bits per heavy atom. The fourth-order valence-electron chi connectivity index (χ4n) is 2.85. The highest BCUT2D eigenvalue weighted by Crippen LogP contribution is 2.23. The van der Waals surface area contributed by atoms with Gasteiger partial charge in [-0.1, -0.05) is 57.2 Å². The molecule has 0 aliphatic heterocycles. The predicted molar refractivity (Wildman–Crippen MR) is 88.3 cm³/mol. The summed E-state index contributed by atoms with van der Waals surface area (Å²) in [5.74, 6) is 0. The molecule has 0 saturated carbocycles. The number of para-hydroxylation sites is 1. The van der Waals surface area contributed by atoms with Crippen molar-refractivity contribution in [3.63, 3.8) is 0 Å². The molecule has 1 nitrogen and oxygen atoms in total. The van der Waals surface area contributed by atoms with Gasteiger partial charge in [0, 0.05) is 11.1 Å². The van der Waals surface area contributed by atoms with Crippen LogP contribution in [0.5, 0.6) is 0 Å². The molecule has 1 heteroatoms. The average molecular weight is 269 g/mol. The molecule has 0 spiro atoms.